The van der Waals surface area contributed by atoms with Gasteiger partial charge in [0.15, 0.2) is 0 Å². The van der Waals surface area contributed by atoms with Crippen LogP contribution in [0, 0.1) is 18.7 Å². The van der Waals surface area contributed by atoms with E-state index >= 15 is 0 Å². The van der Waals surface area contributed by atoms with Crippen molar-refractivity contribution in [2.24, 2.45) is 5.92 Å². The van der Waals surface area contributed by atoms with Crippen LogP contribution in [0.2, 0.25) is 0 Å². The summed E-state index contributed by atoms with van der Waals surface area (Å²) in [5.74, 6) is 0.474. The molecule has 0 aliphatic carbocycles. The van der Waals surface area contributed by atoms with E-state index in [2.05, 4.69) is 19.2 Å². The van der Waals surface area contributed by atoms with Crippen LogP contribution in [0.5, 0.6) is 0 Å². The van der Waals surface area contributed by atoms with Crippen molar-refractivity contribution in [3.8, 4) is 0 Å². The molecule has 90 valence electrons. The number of aryl methyl sites for hydroxylation is 1. The van der Waals surface area contributed by atoms with E-state index in [0.29, 0.717) is 11.2 Å². The van der Waals surface area contributed by atoms with E-state index < -0.39 is 0 Å². The molecule has 16 heavy (non-hydrogen) atoms. The van der Waals surface area contributed by atoms with Gasteiger partial charge in [-0.25, -0.2) is 4.39 Å². The fraction of sp³-hybridized carbons (Fsp3) is 0.538. The first-order valence-electron chi connectivity index (χ1n) is 5.62. The molecule has 1 unspecified atom stereocenters. The van der Waals surface area contributed by atoms with Gasteiger partial charge in [0.05, 0.1) is 0 Å². The van der Waals surface area contributed by atoms with Gasteiger partial charge >= 0.3 is 0 Å². The van der Waals surface area contributed by atoms with Crippen molar-refractivity contribution < 1.29 is 4.39 Å². The van der Waals surface area contributed by atoms with E-state index in [9.17, 15) is 4.39 Å². The summed E-state index contributed by atoms with van der Waals surface area (Å²) in [6.45, 7) is 7.21. The molecular weight excluding hydrogens is 221 g/mol. The third-order valence-electron chi connectivity index (χ3n) is 2.57. The zero-order valence-electron chi connectivity index (χ0n) is 10.4. The highest BCUT2D eigenvalue weighted by atomic mass is 32.2. The monoisotopic (exact) mass is 241 g/mol. The number of halogens is 1. The molecule has 3 heteroatoms. The summed E-state index contributed by atoms with van der Waals surface area (Å²) in [5, 5.41) is 3.72. The van der Waals surface area contributed by atoms with Crippen LogP contribution in [0.3, 0.4) is 0 Å². The maximum atomic E-state index is 13.1. The van der Waals surface area contributed by atoms with E-state index in [-0.39, 0.29) is 5.82 Å². The van der Waals surface area contributed by atoms with Crippen LogP contribution >= 0.6 is 11.8 Å². The van der Waals surface area contributed by atoms with Gasteiger partial charge in [-0.2, -0.15) is 0 Å². The second kappa shape index (κ2) is 6.26. The zero-order valence-corrected chi connectivity index (χ0v) is 11.2. The molecule has 1 rings (SSSR count). The van der Waals surface area contributed by atoms with Crippen LogP contribution < -0.4 is 5.32 Å². The van der Waals surface area contributed by atoms with Crippen LogP contribution in [-0.2, 0) is 0 Å². The molecule has 0 spiro atoms. The topological polar surface area (TPSA) is 12.0 Å². The van der Waals surface area contributed by atoms with Gasteiger partial charge in [-0.15, -0.1) is 11.8 Å². The van der Waals surface area contributed by atoms with Crippen LogP contribution in [-0.4, -0.2) is 18.8 Å². The first kappa shape index (κ1) is 13.5. The Bertz CT molecular complexity index is 339. The molecule has 0 radical (unpaired) electrons. The number of rotatable bonds is 5. The summed E-state index contributed by atoms with van der Waals surface area (Å²) < 4.78 is 13.1. The molecule has 0 aliphatic heterocycles. The van der Waals surface area contributed by atoms with Crippen molar-refractivity contribution in [1.29, 1.82) is 0 Å². The summed E-state index contributed by atoms with van der Waals surface area (Å²) in [4.78, 5) is 1.15. The summed E-state index contributed by atoms with van der Waals surface area (Å²) in [5.41, 5.74) is 0.719. The second-order valence-electron chi connectivity index (χ2n) is 4.37. The minimum Gasteiger partial charge on any atom is -0.319 e. The van der Waals surface area contributed by atoms with Crippen LogP contribution in [0.15, 0.2) is 23.1 Å². The molecule has 0 aliphatic rings. The molecule has 0 fully saturated rings. The molecule has 0 bridgehead atoms. The largest absolute Gasteiger partial charge is 0.319 e. The molecule has 1 aromatic carbocycles. The van der Waals surface area contributed by atoms with Crippen molar-refractivity contribution >= 4 is 11.8 Å². The lowest BCUT2D eigenvalue weighted by Gasteiger charge is -2.20. The first-order chi connectivity index (χ1) is 7.54. The quantitative estimate of drug-likeness (QED) is 0.792. The van der Waals surface area contributed by atoms with Gasteiger partial charge in [-0.05, 0) is 43.7 Å². The number of benzene rings is 1. The van der Waals surface area contributed by atoms with E-state index in [4.69, 9.17) is 0 Å². The predicted octanol–water partition coefficient (Wildman–Crippen LogP) is 3.47. The number of thioether (sulfide) groups is 1. The summed E-state index contributed by atoms with van der Waals surface area (Å²) in [6.07, 6.45) is 0. The first-order valence-corrected chi connectivity index (χ1v) is 6.50. The van der Waals surface area contributed by atoms with E-state index in [1.54, 1.807) is 6.07 Å². The average molecular weight is 241 g/mol. The van der Waals surface area contributed by atoms with Gasteiger partial charge in [-0.1, -0.05) is 13.8 Å². The molecule has 1 nitrogen and oxygen atoms in total. The van der Waals surface area contributed by atoms with Gasteiger partial charge in [-0.3, -0.25) is 0 Å². The smallest absolute Gasteiger partial charge is 0.126 e. The van der Waals surface area contributed by atoms with Gasteiger partial charge in [0.2, 0.25) is 0 Å². The fourth-order valence-corrected chi connectivity index (χ4v) is 2.74. The van der Waals surface area contributed by atoms with Gasteiger partial charge in [0.1, 0.15) is 5.82 Å². The highest BCUT2D eigenvalue weighted by Crippen LogP contribution is 2.28. The van der Waals surface area contributed by atoms with Gasteiger partial charge in [0.25, 0.3) is 0 Å². The molecule has 0 heterocycles. The molecular formula is C13H20FNS. The van der Waals surface area contributed by atoms with Gasteiger partial charge < -0.3 is 5.32 Å². The lowest BCUT2D eigenvalue weighted by molar-refractivity contribution is 0.578. The Hall–Kier alpha value is -0.540. The Kier molecular flexibility index (Phi) is 5.29. The predicted molar refractivity (Wildman–Crippen MR) is 69.5 cm³/mol. The summed E-state index contributed by atoms with van der Waals surface area (Å²) in [7, 11) is 1.96. The zero-order chi connectivity index (χ0) is 12.1. The summed E-state index contributed by atoms with van der Waals surface area (Å²) >= 11 is 1.82. The normalized spacial score (nSPS) is 13.1. The third-order valence-corrected chi connectivity index (χ3v) is 4.11. The molecule has 1 aromatic rings. The maximum Gasteiger partial charge on any atom is 0.126 e. The molecule has 1 N–H and O–H groups in total. The van der Waals surface area contributed by atoms with Crippen molar-refractivity contribution in [2.75, 3.05) is 13.6 Å². The Morgan fingerprint density at radius 1 is 1.38 bits per heavy atom. The molecule has 0 saturated heterocycles. The maximum absolute atomic E-state index is 13.1. The van der Waals surface area contributed by atoms with Crippen molar-refractivity contribution in [3.63, 3.8) is 0 Å². The highest BCUT2D eigenvalue weighted by Gasteiger charge is 2.14. The van der Waals surface area contributed by atoms with Crippen molar-refractivity contribution in [1.82, 2.24) is 5.32 Å². The fourth-order valence-electron chi connectivity index (χ4n) is 1.48. The highest BCUT2D eigenvalue weighted by molar-refractivity contribution is 8.00. The standard InChI is InChI=1S/C13H20FNS/c1-9(2)13(8-15-4)16-11-5-6-12(14)10(3)7-11/h5-7,9,13,15H,8H2,1-4H3. The SMILES string of the molecule is CNCC(Sc1ccc(F)c(C)c1)C(C)C. The van der Waals surface area contributed by atoms with Crippen LogP contribution in [0.4, 0.5) is 4.39 Å². The van der Waals surface area contributed by atoms with E-state index in [1.165, 1.54) is 0 Å². The number of nitrogens with one attached hydrogen (secondary N) is 1. The van der Waals surface area contributed by atoms with Crippen LogP contribution in [0.1, 0.15) is 19.4 Å². The Morgan fingerprint density at radius 2 is 2.06 bits per heavy atom. The molecule has 1 atom stereocenters. The average Bonchev–Trinajstić information content (AvgIpc) is 2.22. The number of hydrogen-bond donors (Lipinski definition) is 1. The lowest BCUT2D eigenvalue weighted by Crippen LogP contribution is -2.25. The Balaban J connectivity index is 2.73. The van der Waals surface area contributed by atoms with E-state index in [0.717, 1.165) is 17.0 Å². The third kappa shape index (κ3) is 3.80. The minimum absolute atomic E-state index is 0.126. The minimum atomic E-state index is -0.126. The summed E-state index contributed by atoms with van der Waals surface area (Å²) in [6, 6.07) is 5.33. The second-order valence-corrected chi connectivity index (χ2v) is 5.68. The Labute approximate surface area is 102 Å². The lowest BCUT2D eigenvalue weighted by atomic mass is 10.1. The molecule has 0 saturated carbocycles. The number of hydrogen-bond acceptors (Lipinski definition) is 2. The van der Waals surface area contributed by atoms with Crippen molar-refractivity contribution in [3.05, 3.63) is 29.6 Å². The van der Waals surface area contributed by atoms with Crippen molar-refractivity contribution in [2.45, 2.75) is 30.9 Å². The Morgan fingerprint density at radius 3 is 2.56 bits per heavy atom. The molecule has 0 amide bonds. The van der Waals surface area contributed by atoms with Gasteiger partial charge in [0, 0.05) is 16.7 Å². The molecule has 0 aromatic heterocycles. The van der Waals surface area contributed by atoms with Crippen LogP contribution in [0.25, 0.3) is 0 Å². The van der Waals surface area contributed by atoms with E-state index in [1.807, 2.05) is 37.9 Å².